The minimum Gasteiger partial charge on any atom is -0.317 e. The van der Waals surface area contributed by atoms with Gasteiger partial charge in [-0.15, -0.1) is 0 Å². The molecule has 0 unspecified atom stereocenters. The van der Waals surface area contributed by atoms with Gasteiger partial charge >= 0.3 is 5.97 Å². The summed E-state index contributed by atoms with van der Waals surface area (Å²) in [6, 6.07) is 16.0. The molecule has 21 heavy (non-hydrogen) atoms. The largest absolute Gasteiger partial charge is 0.340 e. The van der Waals surface area contributed by atoms with Crippen LogP contribution in [0, 0.1) is 5.41 Å². The Labute approximate surface area is 124 Å². The van der Waals surface area contributed by atoms with Gasteiger partial charge in [0.05, 0.1) is 5.41 Å². The number of carbonyl (C=O) groups excluding carboxylic acids is 1. The molecule has 0 aliphatic heterocycles. The molecule has 0 spiro atoms. The maximum absolute atomic E-state index is 11.9. The molecule has 0 heterocycles. The number of fused-ring (bicyclic) bond motifs is 3. The monoisotopic (exact) mass is 279 g/mol. The van der Waals surface area contributed by atoms with Gasteiger partial charge in [-0.3, -0.25) is 0 Å². The Kier molecular flexibility index (Phi) is 3.13. The van der Waals surface area contributed by atoms with Crippen LogP contribution < -0.4 is 0 Å². The van der Waals surface area contributed by atoms with Gasteiger partial charge < -0.3 is 4.84 Å². The summed E-state index contributed by atoms with van der Waals surface area (Å²) in [5.41, 5.74) is 4.40. The molecule has 3 rings (SSSR count). The third kappa shape index (κ3) is 2.35. The zero-order valence-electron chi connectivity index (χ0n) is 12.4. The van der Waals surface area contributed by atoms with Gasteiger partial charge in [-0.25, -0.2) is 4.79 Å². The lowest BCUT2D eigenvalue weighted by Crippen LogP contribution is -2.21. The summed E-state index contributed by atoms with van der Waals surface area (Å²) in [5.74, 6) is -0.336. The van der Waals surface area contributed by atoms with E-state index in [1.54, 1.807) is 0 Å². The summed E-state index contributed by atoms with van der Waals surface area (Å²) < 4.78 is 0. The highest BCUT2D eigenvalue weighted by Crippen LogP contribution is 2.36. The molecule has 0 fully saturated rings. The zero-order chi connectivity index (χ0) is 15.0. The van der Waals surface area contributed by atoms with E-state index in [0.717, 1.165) is 28.0 Å². The van der Waals surface area contributed by atoms with Crippen LogP contribution in [0.4, 0.5) is 0 Å². The molecule has 3 heteroatoms. The van der Waals surface area contributed by atoms with Gasteiger partial charge in [0.1, 0.15) is 5.71 Å². The van der Waals surface area contributed by atoms with Crippen molar-refractivity contribution in [2.75, 3.05) is 0 Å². The number of nitrogens with zero attached hydrogens (tertiary/aromatic N) is 1. The fourth-order valence-electron chi connectivity index (χ4n) is 2.32. The predicted molar refractivity (Wildman–Crippen MR) is 83.1 cm³/mol. The predicted octanol–water partition coefficient (Wildman–Crippen LogP) is 4.01. The molecule has 0 radical (unpaired) electrons. The fourth-order valence-corrected chi connectivity index (χ4v) is 2.32. The number of rotatable bonds is 1. The molecule has 2 aromatic carbocycles. The number of oxime groups is 1. The lowest BCUT2D eigenvalue weighted by atomic mass is 9.98. The highest BCUT2D eigenvalue weighted by atomic mass is 16.7. The van der Waals surface area contributed by atoms with E-state index < -0.39 is 5.41 Å². The van der Waals surface area contributed by atoms with Crippen molar-refractivity contribution in [3.63, 3.8) is 0 Å². The van der Waals surface area contributed by atoms with Gasteiger partial charge in [0.15, 0.2) is 0 Å². The Bertz CT molecular complexity index is 691. The van der Waals surface area contributed by atoms with Gasteiger partial charge in [0.2, 0.25) is 0 Å². The Balaban J connectivity index is 2.05. The molecule has 1 aliphatic carbocycles. The van der Waals surface area contributed by atoms with E-state index in [1.807, 2.05) is 57.2 Å². The summed E-state index contributed by atoms with van der Waals surface area (Å²) >= 11 is 0. The van der Waals surface area contributed by atoms with Crippen molar-refractivity contribution in [3.05, 3.63) is 59.7 Å². The number of hydrogen-bond acceptors (Lipinski definition) is 3. The van der Waals surface area contributed by atoms with E-state index in [4.69, 9.17) is 4.84 Å². The standard InChI is InChI=1S/C18H17NO2/c1-18(2,3)17(20)21-19-16-14-10-6-4-8-12(14)13-9-5-7-11-15(13)16/h4-11H,1-3H3. The molecule has 1 aliphatic rings. The smallest absolute Gasteiger partial charge is 0.317 e. The van der Waals surface area contributed by atoms with Crippen LogP contribution in [0.1, 0.15) is 31.9 Å². The third-order valence-corrected chi connectivity index (χ3v) is 3.49. The second-order valence-corrected chi connectivity index (χ2v) is 6.16. The number of hydrogen-bond donors (Lipinski definition) is 0. The highest BCUT2D eigenvalue weighted by molar-refractivity contribution is 6.24. The Hall–Kier alpha value is -2.42. The van der Waals surface area contributed by atoms with E-state index in [2.05, 4.69) is 17.3 Å². The maximum atomic E-state index is 11.9. The van der Waals surface area contributed by atoms with Crippen molar-refractivity contribution in [2.24, 2.45) is 10.6 Å². The minimum atomic E-state index is -0.568. The van der Waals surface area contributed by atoms with Crippen molar-refractivity contribution in [3.8, 4) is 11.1 Å². The molecule has 2 aromatic rings. The molecule has 106 valence electrons. The second-order valence-electron chi connectivity index (χ2n) is 6.16. The summed E-state index contributed by atoms with van der Waals surface area (Å²) in [6.07, 6.45) is 0. The van der Waals surface area contributed by atoms with Crippen LogP contribution >= 0.6 is 0 Å². The highest BCUT2D eigenvalue weighted by Gasteiger charge is 2.27. The average Bonchev–Trinajstić information content (AvgIpc) is 2.78. The summed E-state index contributed by atoms with van der Waals surface area (Å²) in [4.78, 5) is 17.1. The van der Waals surface area contributed by atoms with Gasteiger partial charge in [-0.1, -0.05) is 53.7 Å². The summed E-state index contributed by atoms with van der Waals surface area (Å²) in [7, 11) is 0. The molecule has 0 atom stereocenters. The zero-order valence-corrected chi connectivity index (χ0v) is 12.4. The van der Waals surface area contributed by atoms with Crippen LogP contribution in [0.2, 0.25) is 0 Å². The summed E-state index contributed by atoms with van der Waals surface area (Å²) in [6.45, 7) is 5.43. The molecule has 0 bridgehead atoms. The number of benzene rings is 2. The van der Waals surface area contributed by atoms with E-state index in [-0.39, 0.29) is 5.97 Å². The average molecular weight is 279 g/mol. The van der Waals surface area contributed by atoms with E-state index in [0.29, 0.717) is 0 Å². The number of carbonyl (C=O) groups is 1. The Morgan fingerprint density at radius 1 is 0.857 bits per heavy atom. The van der Waals surface area contributed by atoms with Crippen molar-refractivity contribution in [1.82, 2.24) is 0 Å². The van der Waals surface area contributed by atoms with Crippen molar-refractivity contribution >= 4 is 11.7 Å². The first-order valence-corrected chi connectivity index (χ1v) is 6.97. The second kappa shape index (κ2) is 4.85. The van der Waals surface area contributed by atoms with E-state index >= 15 is 0 Å². The van der Waals surface area contributed by atoms with Gasteiger partial charge in [-0.2, -0.15) is 0 Å². The van der Waals surface area contributed by atoms with Crippen LogP contribution in [-0.4, -0.2) is 11.7 Å². The summed E-state index contributed by atoms with van der Waals surface area (Å²) in [5, 5.41) is 4.14. The Morgan fingerprint density at radius 3 is 1.71 bits per heavy atom. The van der Waals surface area contributed by atoms with Crippen LogP contribution in [0.5, 0.6) is 0 Å². The molecule has 3 nitrogen and oxygen atoms in total. The fraction of sp³-hybridized carbons (Fsp3) is 0.222. The Morgan fingerprint density at radius 2 is 1.29 bits per heavy atom. The first-order chi connectivity index (χ1) is 9.98. The lowest BCUT2D eigenvalue weighted by Gasteiger charge is -2.13. The first-order valence-electron chi connectivity index (χ1n) is 6.97. The molecule has 0 amide bonds. The maximum Gasteiger partial charge on any atom is 0.340 e. The van der Waals surface area contributed by atoms with Gasteiger partial charge in [0.25, 0.3) is 0 Å². The van der Waals surface area contributed by atoms with E-state index in [1.165, 1.54) is 0 Å². The molecule has 0 saturated heterocycles. The van der Waals surface area contributed by atoms with E-state index in [9.17, 15) is 4.79 Å². The SMILES string of the molecule is CC(C)(C)C(=O)ON=C1c2ccccc2-c2ccccc21. The first kappa shape index (κ1) is 13.6. The molecule has 0 N–H and O–H groups in total. The quantitative estimate of drug-likeness (QED) is 0.498. The van der Waals surface area contributed by atoms with Crippen molar-refractivity contribution < 1.29 is 9.63 Å². The topological polar surface area (TPSA) is 38.7 Å². The van der Waals surface area contributed by atoms with Crippen LogP contribution in [0.15, 0.2) is 53.7 Å². The molecular formula is C18H17NO2. The van der Waals surface area contributed by atoms with Crippen LogP contribution in [0.25, 0.3) is 11.1 Å². The third-order valence-electron chi connectivity index (χ3n) is 3.49. The van der Waals surface area contributed by atoms with Gasteiger partial charge in [0, 0.05) is 11.1 Å². The van der Waals surface area contributed by atoms with Crippen molar-refractivity contribution in [1.29, 1.82) is 0 Å². The van der Waals surface area contributed by atoms with Crippen molar-refractivity contribution in [2.45, 2.75) is 20.8 Å². The normalized spacial score (nSPS) is 12.6. The molecular weight excluding hydrogens is 262 g/mol. The van der Waals surface area contributed by atoms with Gasteiger partial charge in [-0.05, 0) is 31.9 Å². The van der Waals surface area contributed by atoms with Crippen LogP contribution in [-0.2, 0) is 9.63 Å². The lowest BCUT2D eigenvalue weighted by molar-refractivity contribution is -0.152. The molecule has 0 aromatic heterocycles. The molecule has 0 saturated carbocycles. The van der Waals surface area contributed by atoms with Crippen LogP contribution in [0.3, 0.4) is 0 Å². The minimum absolute atomic E-state index is 0.336.